The summed E-state index contributed by atoms with van der Waals surface area (Å²) >= 11 is 0. The Balaban J connectivity index is 0.000000191. The van der Waals surface area contributed by atoms with Crippen LogP contribution in [0.1, 0.15) is 120 Å². The van der Waals surface area contributed by atoms with Crippen LogP contribution in [-0.2, 0) is 9.68 Å². The number of benzene rings is 2. The second kappa shape index (κ2) is 17.0. The smallest absolute Gasteiger partial charge is 0.118 e. The van der Waals surface area contributed by atoms with E-state index in [1.54, 1.807) is 0 Å². The van der Waals surface area contributed by atoms with Gasteiger partial charge in [0.15, 0.2) is 0 Å². The molecule has 8 nitrogen and oxygen atoms in total. The summed E-state index contributed by atoms with van der Waals surface area (Å²) in [5.74, 6) is 1.50. The summed E-state index contributed by atoms with van der Waals surface area (Å²) in [6.45, 7) is 6.99. The van der Waals surface area contributed by atoms with Gasteiger partial charge in [0.2, 0.25) is 0 Å². The third kappa shape index (κ3) is 8.41. The second-order valence-corrected chi connectivity index (χ2v) is 15.7. The fraction of sp³-hybridized carbons (Fsp3) is 0.659. The van der Waals surface area contributed by atoms with E-state index < -0.39 is 11.2 Å². The average Bonchev–Trinajstić information content (AvgIpc) is 3.54. The minimum absolute atomic E-state index is 0.0948. The molecule has 0 spiro atoms. The monoisotopic (exact) mass is 674 g/mol. The Morgan fingerprint density at radius 1 is 0.633 bits per heavy atom. The van der Waals surface area contributed by atoms with Crippen molar-refractivity contribution in [1.82, 2.24) is 0 Å². The van der Waals surface area contributed by atoms with Gasteiger partial charge in [-0.15, -0.1) is 0 Å². The lowest BCUT2D eigenvalue weighted by molar-refractivity contribution is -0.0960. The number of nitrogens with two attached hydrogens (primary N) is 2. The molecule has 0 bridgehead atoms. The lowest BCUT2D eigenvalue weighted by atomic mass is 9.59. The predicted molar refractivity (Wildman–Crippen MR) is 198 cm³/mol. The molecule has 0 unspecified atom stereocenters. The number of nitrogens with zero attached hydrogens (tertiary/aromatic N) is 2. The van der Waals surface area contributed by atoms with Crippen molar-refractivity contribution in [2.45, 2.75) is 120 Å². The average molecular weight is 675 g/mol. The van der Waals surface area contributed by atoms with Crippen molar-refractivity contribution in [1.29, 1.82) is 0 Å². The Labute approximate surface area is 294 Å². The molecule has 6 rings (SSSR count). The summed E-state index contributed by atoms with van der Waals surface area (Å²) in [7, 11) is 0. The van der Waals surface area contributed by atoms with Gasteiger partial charge >= 0.3 is 0 Å². The number of hydrogen-bond donors (Lipinski definition) is 4. The molecule has 0 saturated heterocycles. The Kier molecular flexibility index (Phi) is 13.0. The summed E-state index contributed by atoms with van der Waals surface area (Å²) in [6.07, 6.45) is 16.3. The number of oxime groups is 2. The van der Waals surface area contributed by atoms with Crippen LogP contribution in [-0.4, -0.2) is 60.1 Å². The van der Waals surface area contributed by atoms with Crippen LogP contribution in [0.25, 0.3) is 0 Å². The lowest BCUT2D eigenvalue weighted by Crippen LogP contribution is -2.49. The van der Waals surface area contributed by atoms with Crippen LogP contribution in [0.2, 0.25) is 0 Å². The van der Waals surface area contributed by atoms with E-state index in [9.17, 15) is 10.2 Å². The number of aliphatic hydroxyl groups is 2. The zero-order valence-corrected chi connectivity index (χ0v) is 30.0. The maximum Gasteiger partial charge on any atom is 0.118 e. The zero-order chi connectivity index (χ0) is 34.8. The molecule has 4 aliphatic rings. The SMILES string of the molecule is C[C@]12CC[C@H](c3ccccc3)C[C@@]1(O)CC[C@@H]2/C=N/OCCCCN.C[C@]12CC[C@H](c3ccccc3)C[C@@]1(O)CC[C@@H]2/C=N/OCCCN. The van der Waals surface area contributed by atoms with Crippen LogP contribution in [0.4, 0.5) is 0 Å². The van der Waals surface area contributed by atoms with Gasteiger partial charge in [-0.1, -0.05) is 84.8 Å². The van der Waals surface area contributed by atoms with E-state index in [1.165, 1.54) is 11.1 Å². The number of rotatable bonds is 13. The zero-order valence-electron chi connectivity index (χ0n) is 30.0. The Morgan fingerprint density at radius 3 is 1.49 bits per heavy atom. The molecule has 6 N–H and O–H groups in total. The van der Waals surface area contributed by atoms with Gasteiger partial charge < -0.3 is 31.4 Å². The van der Waals surface area contributed by atoms with Crippen LogP contribution in [0.5, 0.6) is 0 Å². The van der Waals surface area contributed by atoms with Crippen LogP contribution >= 0.6 is 0 Å². The standard InChI is InChI=1S/C21H32N2O2.C20H30N2O2/c1-20-11-9-18(17-7-3-2-4-8-17)15-21(20,24)12-10-19(20)16-23-25-14-6-5-13-22;1-19-10-8-17(16-6-3-2-4-7-16)14-20(19,23)11-9-18(19)15-22-24-13-5-12-21/h2-4,7-8,16,18-19,24H,5-6,9-15,22H2,1H3;2-4,6-7,15,17-18,23H,5,8-14,21H2,1H3/b23-16+;22-15+/t18-,19+,20+,21-;17-,18+,19+,20-/m00/s1. The summed E-state index contributed by atoms with van der Waals surface area (Å²) in [4.78, 5) is 10.7. The van der Waals surface area contributed by atoms with Crippen LogP contribution < -0.4 is 11.5 Å². The summed E-state index contributed by atoms with van der Waals surface area (Å²) in [5.41, 5.74) is 12.3. The van der Waals surface area contributed by atoms with Crippen LogP contribution in [0.15, 0.2) is 71.0 Å². The molecule has 0 aromatic heterocycles. The van der Waals surface area contributed by atoms with Gasteiger partial charge in [0, 0.05) is 35.1 Å². The van der Waals surface area contributed by atoms with Crippen LogP contribution in [0, 0.1) is 22.7 Å². The van der Waals surface area contributed by atoms with Crippen LogP contribution in [0.3, 0.4) is 0 Å². The molecule has 2 aromatic carbocycles. The molecule has 8 atom stereocenters. The van der Waals surface area contributed by atoms with Gasteiger partial charge in [-0.3, -0.25) is 0 Å². The van der Waals surface area contributed by atoms with Crippen molar-refractivity contribution < 1.29 is 19.9 Å². The molecular formula is C41H62N4O4. The van der Waals surface area contributed by atoms with Crippen molar-refractivity contribution in [2.75, 3.05) is 26.3 Å². The maximum atomic E-state index is 11.4. The van der Waals surface area contributed by atoms with Gasteiger partial charge in [-0.2, -0.15) is 0 Å². The predicted octanol–water partition coefficient (Wildman–Crippen LogP) is 7.30. The minimum Gasteiger partial charge on any atom is -0.396 e. The Bertz CT molecular complexity index is 1340. The van der Waals surface area contributed by atoms with E-state index in [0.29, 0.717) is 44.1 Å². The highest BCUT2D eigenvalue weighted by Crippen LogP contribution is 2.61. The lowest BCUT2D eigenvalue weighted by Gasteiger charge is -2.48. The summed E-state index contributed by atoms with van der Waals surface area (Å²) < 4.78 is 0. The van der Waals surface area contributed by atoms with E-state index in [-0.39, 0.29) is 16.7 Å². The van der Waals surface area contributed by atoms with E-state index in [0.717, 1.165) is 83.5 Å². The first-order valence-electron chi connectivity index (χ1n) is 18.9. The fourth-order valence-electron chi connectivity index (χ4n) is 9.46. The highest BCUT2D eigenvalue weighted by Gasteiger charge is 2.59. The first-order valence-corrected chi connectivity index (χ1v) is 18.9. The molecule has 4 fully saturated rings. The molecule has 0 amide bonds. The fourth-order valence-corrected chi connectivity index (χ4v) is 9.46. The molecule has 8 heteroatoms. The highest BCUT2D eigenvalue weighted by molar-refractivity contribution is 5.63. The molecule has 2 aromatic rings. The van der Waals surface area contributed by atoms with E-state index >= 15 is 0 Å². The van der Waals surface area contributed by atoms with Crippen molar-refractivity contribution in [3.63, 3.8) is 0 Å². The quantitative estimate of drug-likeness (QED) is 0.100. The minimum atomic E-state index is -0.598. The second-order valence-electron chi connectivity index (χ2n) is 15.7. The third-order valence-electron chi connectivity index (χ3n) is 13.0. The largest absolute Gasteiger partial charge is 0.396 e. The third-order valence-corrected chi connectivity index (χ3v) is 13.0. The highest BCUT2D eigenvalue weighted by atomic mass is 16.6. The van der Waals surface area contributed by atoms with E-state index in [1.807, 2.05) is 12.4 Å². The molecule has 270 valence electrons. The molecule has 0 radical (unpaired) electrons. The molecule has 4 aliphatic carbocycles. The topological polar surface area (TPSA) is 136 Å². The first kappa shape index (κ1) is 37.5. The van der Waals surface area contributed by atoms with Gasteiger partial charge in [-0.25, -0.2) is 0 Å². The van der Waals surface area contributed by atoms with Gasteiger partial charge in [0.1, 0.15) is 13.2 Å². The molecule has 0 heterocycles. The van der Waals surface area contributed by atoms with E-state index in [4.69, 9.17) is 21.1 Å². The van der Waals surface area contributed by atoms with Gasteiger partial charge in [0.05, 0.1) is 11.2 Å². The summed E-state index contributed by atoms with van der Waals surface area (Å²) in [5, 5.41) is 31.2. The Hall–Kier alpha value is -2.78. The van der Waals surface area contributed by atoms with E-state index in [2.05, 4.69) is 84.8 Å². The molecular weight excluding hydrogens is 612 g/mol. The number of unbranched alkanes of at least 4 members (excludes halogenated alkanes) is 1. The van der Waals surface area contributed by atoms with Gasteiger partial charge in [-0.05, 0) is 120 Å². The summed E-state index contributed by atoms with van der Waals surface area (Å²) in [6, 6.07) is 21.3. The maximum absolute atomic E-state index is 11.4. The van der Waals surface area contributed by atoms with Crippen molar-refractivity contribution in [2.24, 2.45) is 44.4 Å². The first-order chi connectivity index (χ1) is 23.7. The Morgan fingerprint density at radius 2 is 1.06 bits per heavy atom. The number of hydrogen-bond acceptors (Lipinski definition) is 8. The molecule has 49 heavy (non-hydrogen) atoms. The van der Waals surface area contributed by atoms with Crippen molar-refractivity contribution in [3.05, 3.63) is 71.8 Å². The molecule has 0 aliphatic heterocycles. The van der Waals surface area contributed by atoms with Crippen molar-refractivity contribution in [3.8, 4) is 0 Å². The molecule has 4 saturated carbocycles. The number of fused-ring (bicyclic) bond motifs is 2. The van der Waals surface area contributed by atoms with Gasteiger partial charge in [0.25, 0.3) is 0 Å². The van der Waals surface area contributed by atoms with Crippen molar-refractivity contribution >= 4 is 12.4 Å². The normalized spacial score (nSPS) is 35.5.